The standard InChI is InChI=1S/C18H21N3O3/c1-24-16-6-8-21(11-14(16)10-17(19)22)18(23)13-4-5-15-12(9-13)3-2-7-20-15/h2-5,7,9,14,16H,6,8,10-11H2,1H3,(H2,19,22)/t14-,16-/m1/s1. The minimum Gasteiger partial charge on any atom is -0.381 e. The van der Waals surface area contributed by atoms with E-state index in [4.69, 9.17) is 10.5 Å². The van der Waals surface area contributed by atoms with E-state index in [0.29, 0.717) is 25.1 Å². The Balaban J connectivity index is 1.79. The number of likely N-dealkylation sites (tertiary alicyclic amines) is 1. The van der Waals surface area contributed by atoms with E-state index >= 15 is 0 Å². The van der Waals surface area contributed by atoms with Crippen molar-refractivity contribution in [3.05, 3.63) is 42.1 Å². The minimum absolute atomic E-state index is 0.0372. The summed E-state index contributed by atoms with van der Waals surface area (Å²) in [6.07, 6.45) is 2.62. The van der Waals surface area contributed by atoms with Crippen molar-refractivity contribution >= 4 is 22.7 Å². The van der Waals surface area contributed by atoms with Crippen LogP contribution in [-0.4, -0.2) is 48.0 Å². The van der Waals surface area contributed by atoms with E-state index in [1.54, 1.807) is 24.3 Å². The summed E-state index contributed by atoms with van der Waals surface area (Å²) in [5.74, 6) is -0.467. The van der Waals surface area contributed by atoms with Gasteiger partial charge in [0.15, 0.2) is 0 Å². The average molecular weight is 327 g/mol. The van der Waals surface area contributed by atoms with Crippen LogP contribution < -0.4 is 5.73 Å². The second-order valence-corrected chi connectivity index (χ2v) is 6.16. The molecule has 0 saturated carbocycles. The predicted octanol–water partition coefficient (Wildman–Crippen LogP) is 1.59. The highest BCUT2D eigenvalue weighted by molar-refractivity contribution is 5.98. The molecule has 1 aliphatic rings. The van der Waals surface area contributed by atoms with E-state index in [0.717, 1.165) is 10.9 Å². The van der Waals surface area contributed by atoms with Crippen LogP contribution in [0.2, 0.25) is 0 Å². The molecular formula is C18H21N3O3. The molecule has 2 atom stereocenters. The van der Waals surface area contributed by atoms with Gasteiger partial charge in [-0.25, -0.2) is 0 Å². The van der Waals surface area contributed by atoms with Crippen molar-refractivity contribution in [2.45, 2.75) is 18.9 Å². The topological polar surface area (TPSA) is 85.5 Å². The van der Waals surface area contributed by atoms with Crippen LogP contribution in [0.4, 0.5) is 0 Å². The first-order chi connectivity index (χ1) is 11.6. The number of hydrogen-bond donors (Lipinski definition) is 1. The van der Waals surface area contributed by atoms with Crippen molar-refractivity contribution in [2.24, 2.45) is 11.7 Å². The van der Waals surface area contributed by atoms with Gasteiger partial charge >= 0.3 is 0 Å². The lowest BCUT2D eigenvalue weighted by molar-refractivity contribution is -0.121. The smallest absolute Gasteiger partial charge is 0.253 e. The van der Waals surface area contributed by atoms with Crippen LogP contribution in [0, 0.1) is 5.92 Å². The van der Waals surface area contributed by atoms with E-state index in [2.05, 4.69) is 4.98 Å². The van der Waals surface area contributed by atoms with Gasteiger partial charge in [-0.1, -0.05) is 6.07 Å². The second kappa shape index (κ2) is 6.97. The molecule has 1 aromatic carbocycles. The molecule has 1 aromatic heterocycles. The first kappa shape index (κ1) is 16.4. The highest BCUT2D eigenvalue weighted by Crippen LogP contribution is 2.24. The van der Waals surface area contributed by atoms with Gasteiger partial charge in [-0.3, -0.25) is 14.6 Å². The molecular weight excluding hydrogens is 306 g/mol. The fourth-order valence-corrected chi connectivity index (χ4v) is 3.35. The third-order valence-corrected chi connectivity index (χ3v) is 4.57. The third-order valence-electron chi connectivity index (χ3n) is 4.57. The van der Waals surface area contributed by atoms with Gasteiger partial charge in [-0.15, -0.1) is 0 Å². The molecule has 2 amide bonds. The lowest BCUT2D eigenvalue weighted by Gasteiger charge is -2.37. The van der Waals surface area contributed by atoms with Crippen molar-refractivity contribution in [2.75, 3.05) is 20.2 Å². The van der Waals surface area contributed by atoms with Gasteiger partial charge in [-0.05, 0) is 30.7 Å². The maximum Gasteiger partial charge on any atom is 0.253 e. The number of carbonyl (C=O) groups is 2. The number of pyridine rings is 1. The Morgan fingerprint density at radius 1 is 1.38 bits per heavy atom. The molecule has 6 heteroatoms. The molecule has 1 saturated heterocycles. The molecule has 126 valence electrons. The first-order valence-corrected chi connectivity index (χ1v) is 8.03. The number of benzene rings is 1. The number of methoxy groups -OCH3 is 1. The molecule has 24 heavy (non-hydrogen) atoms. The Morgan fingerprint density at radius 3 is 2.96 bits per heavy atom. The lowest BCUT2D eigenvalue weighted by atomic mass is 9.90. The highest BCUT2D eigenvalue weighted by Gasteiger charge is 2.32. The van der Waals surface area contributed by atoms with E-state index in [1.165, 1.54) is 0 Å². The Labute approximate surface area is 140 Å². The zero-order valence-electron chi connectivity index (χ0n) is 13.6. The number of nitrogens with zero attached hydrogens (tertiary/aromatic N) is 2. The Kier molecular flexibility index (Phi) is 4.76. The SMILES string of the molecule is CO[C@@H]1CCN(C(=O)c2ccc3ncccc3c2)C[C@H]1CC(N)=O. The van der Waals surface area contributed by atoms with Crippen LogP contribution in [0.1, 0.15) is 23.2 Å². The molecule has 1 aliphatic heterocycles. The summed E-state index contributed by atoms with van der Waals surface area (Å²) in [6.45, 7) is 1.09. The number of hydrogen-bond acceptors (Lipinski definition) is 4. The average Bonchev–Trinajstić information content (AvgIpc) is 2.60. The quantitative estimate of drug-likeness (QED) is 0.924. The van der Waals surface area contributed by atoms with Gasteiger partial charge in [0, 0.05) is 49.7 Å². The minimum atomic E-state index is -0.367. The van der Waals surface area contributed by atoms with Crippen molar-refractivity contribution < 1.29 is 14.3 Å². The van der Waals surface area contributed by atoms with Crippen molar-refractivity contribution in [1.82, 2.24) is 9.88 Å². The molecule has 3 rings (SSSR count). The number of carbonyl (C=O) groups excluding carboxylic acids is 2. The van der Waals surface area contributed by atoms with Gasteiger partial charge < -0.3 is 15.4 Å². The molecule has 0 radical (unpaired) electrons. The largest absolute Gasteiger partial charge is 0.381 e. The molecule has 2 aromatic rings. The van der Waals surface area contributed by atoms with Gasteiger partial charge in [0.25, 0.3) is 5.91 Å². The molecule has 6 nitrogen and oxygen atoms in total. The molecule has 2 N–H and O–H groups in total. The first-order valence-electron chi connectivity index (χ1n) is 8.03. The van der Waals surface area contributed by atoms with Crippen LogP contribution in [0.5, 0.6) is 0 Å². The number of primary amides is 1. The van der Waals surface area contributed by atoms with E-state index < -0.39 is 0 Å². The van der Waals surface area contributed by atoms with Crippen LogP contribution in [0.25, 0.3) is 10.9 Å². The van der Waals surface area contributed by atoms with E-state index in [1.807, 2.05) is 24.3 Å². The number of piperidine rings is 1. The number of rotatable bonds is 4. The molecule has 2 heterocycles. The maximum atomic E-state index is 12.8. The number of fused-ring (bicyclic) bond motifs is 1. The summed E-state index contributed by atoms with van der Waals surface area (Å²) in [6, 6.07) is 9.29. The normalized spacial score (nSPS) is 21.0. The molecule has 0 spiro atoms. The fraction of sp³-hybridized carbons (Fsp3) is 0.389. The zero-order valence-corrected chi connectivity index (χ0v) is 13.6. The summed E-state index contributed by atoms with van der Waals surface area (Å²) in [5, 5.41) is 0.934. The summed E-state index contributed by atoms with van der Waals surface area (Å²) in [7, 11) is 1.63. The van der Waals surface area contributed by atoms with E-state index in [9.17, 15) is 9.59 Å². The number of nitrogens with two attached hydrogens (primary N) is 1. The molecule has 0 unspecified atom stereocenters. The Morgan fingerprint density at radius 2 is 2.21 bits per heavy atom. The van der Waals surface area contributed by atoms with Crippen LogP contribution >= 0.6 is 0 Å². The summed E-state index contributed by atoms with van der Waals surface area (Å²) >= 11 is 0. The maximum absolute atomic E-state index is 12.8. The number of amides is 2. The van der Waals surface area contributed by atoms with Crippen LogP contribution in [-0.2, 0) is 9.53 Å². The summed E-state index contributed by atoms with van der Waals surface area (Å²) in [5.41, 5.74) is 6.82. The van der Waals surface area contributed by atoms with Crippen molar-refractivity contribution in [3.8, 4) is 0 Å². The number of aromatic nitrogens is 1. The summed E-state index contributed by atoms with van der Waals surface area (Å²) in [4.78, 5) is 30.1. The van der Waals surface area contributed by atoms with Gasteiger partial charge in [-0.2, -0.15) is 0 Å². The second-order valence-electron chi connectivity index (χ2n) is 6.16. The zero-order chi connectivity index (χ0) is 17.1. The van der Waals surface area contributed by atoms with Gasteiger partial charge in [0.2, 0.25) is 5.91 Å². The fourth-order valence-electron chi connectivity index (χ4n) is 3.35. The Hall–Kier alpha value is -2.47. The predicted molar refractivity (Wildman–Crippen MR) is 90.4 cm³/mol. The van der Waals surface area contributed by atoms with E-state index in [-0.39, 0.29) is 30.3 Å². The molecule has 1 fully saturated rings. The summed E-state index contributed by atoms with van der Waals surface area (Å²) < 4.78 is 5.44. The van der Waals surface area contributed by atoms with Crippen LogP contribution in [0.15, 0.2) is 36.5 Å². The molecule has 0 aliphatic carbocycles. The Bertz CT molecular complexity index is 762. The van der Waals surface area contributed by atoms with Crippen LogP contribution in [0.3, 0.4) is 0 Å². The number of ether oxygens (including phenoxy) is 1. The van der Waals surface area contributed by atoms with Crippen molar-refractivity contribution in [3.63, 3.8) is 0 Å². The van der Waals surface area contributed by atoms with Gasteiger partial charge in [0.05, 0.1) is 11.6 Å². The van der Waals surface area contributed by atoms with Crippen molar-refractivity contribution in [1.29, 1.82) is 0 Å². The monoisotopic (exact) mass is 327 g/mol. The highest BCUT2D eigenvalue weighted by atomic mass is 16.5. The molecule has 0 bridgehead atoms. The third kappa shape index (κ3) is 3.38. The van der Waals surface area contributed by atoms with Gasteiger partial charge in [0.1, 0.15) is 0 Å². The lowest BCUT2D eigenvalue weighted by Crippen LogP contribution is -2.47.